The zero-order chi connectivity index (χ0) is 11.3. The summed E-state index contributed by atoms with van der Waals surface area (Å²) in [5.41, 5.74) is 5.00. The van der Waals surface area contributed by atoms with Crippen molar-refractivity contribution in [2.45, 2.75) is 12.7 Å². The fourth-order valence-corrected chi connectivity index (χ4v) is 1.04. The van der Waals surface area contributed by atoms with Gasteiger partial charge in [0.25, 0.3) is 0 Å². The predicted octanol–water partition coefficient (Wildman–Crippen LogP) is 0.801. The molecule has 1 aromatic carbocycles. The van der Waals surface area contributed by atoms with E-state index in [1.807, 2.05) is 0 Å². The van der Waals surface area contributed by atoms with Crippen LogP contribution in [0.2, 0.25) is 0 Å². The third-order valence-electron chi connectivity index (χ3n) is 1.89. The summed E-state index contributed by atoms with van der Waals surface area (Å²) in [4.78, 5) is 0. The molecule has 1 atom stereocenters. The van der Waals surface area contributed by atoms with Crippen molar-refractivity contribution < 1.29 is 18.6 Å². The van der Waals surface area contributed by atoms with Crippen molar-refractivity contribution in [1.29, 1.82) is 0 Å². The van der Waals surface area contributed by atoms with Gasteiger partial charge in [0, 0.05) is 12.1 Å². The molecule has 0 heterocycles. The van der Waals surface area contributed by atoms with Gasteiger partial charge in [-0.15, -0.1) is 0 Å². The summed E-state index contributed by atoms with van der Waals surface area (Å²) >= 11 is 0. The molecular weight excluding hydrogens is 204 g/mol. The van der Waals surface area contributed by atoms with Gasteiger partial charge in [-0.2, -0.15) is 0 Å². The molecule has 0 bridgehead atoms. The lowest BCUT2D eigenvalue weighted by atomic mass is 10.2. The Morgan fingerprint density at radius 2 is 1.93 bits per heavy atom. The lowest BCUT2D eigenvalue weighted by Crippen LogP contribution is -2.25. The summed E-state index contributed by atoms with van der Waals surface area (Å²) in [5, 5.41) is 9.04. The first-order chi connectivity index (χ1) is 7.15. The van der Waals surface area contributed by atoms with E-state index in [-0.39, 0.29) is 25.3 Å². The smallest absolute Gasteiger partial charge is 0.131 e. The Morgan fingerprint density at radius 3 is 2.47 bits per heavy atom. The summed E-state index contributed by atoms with van der Waals surface area (Å²) < 4.78 is 31.0. The second-order valence-electron chi connectivity index (χ2n) is 3.10. The molecule has 0 amide bonds. The van der Waals surface area contributed by atoms with Gasteiger partial charge in [-0.25, -0.2) is 8.78 Å². The van der Waals surface area contributed by atoms with Gasteiger partial charge in [0.15, 0.2) is 0 Å². The molecule has 15 heavy (non-hydrogen) atoms. The van der Waals surface area contributed by atoms with E-state index in [4.69, 9.17) is 15.6 Å². The van der Waals surface area contributed by atoms with E-state index < -0.39 is 17.7 Å². The first-order valence-electron chi connectivity index (χ1n) is 4.54. The largest absolute Gasteiger partial charge is 0.389 e. The molecule has 0 aromatic heterocycles. The molecule has 0 saturated carbocycles. The standard InChI is InChI=1S/C10H13F2NO2/c11-9-2-1-3-10(12)8(9)6-15-5-7(14)4-13/h1-3,7,14H,4-6,13H2. The van der Waals surface area contributed by atoms with Gasteiger partial charge in [0.1, 0.15) is 11.6 Å². The summed E-state index contributed by atoms with van der Waals surface area (Å²) in [6.07, 6.45) is -0.806. The van der Waals surface area contributed by atoms with E-state index in [1.165, 1.54) is 6.07 Å². The van der Waals surface area contributed by atoms with Crippen molar-refractivity contribution in [3.63, 3.8) is 0 Å². The highest BCUT2D eigenvalue weighted by atomic mass is 19.1. The molecule has 0 aliphatic rings. The number of nitrogens with two attached hydrogens (primary N) is 1. The van der Waals surface area contributed by atoms with Crippen LogP contribution in [0.5, 0.6) is 0 Å². The number of aliphatic hydroxyl groups excluding tert-OH is 1. The Labute approximate surface area is 86.5 Å². The lowest BCUT2D eigenvalue weighted by molar-refractivity contribution is 0.0307. The number of halogens is 2. The molecule has 0 fully saturated rings. The van der Waals surface area contributed by atoms with Crippen LogP contribution in [0.4, 0.5) is 8.78 Å². The Morgan fingerprint density at radius 1 is 1.33 bits per heavy atom. The van der Waals surface area contributed by atoms with Crippen molar-refractivity contribution in [2.24, 2.45) is 5.73 Å². The van der Waals surface area contributed by atoms with Gasteiger partial charge in [-0.05, 0) is 12.1 Å². The van der Waals surface area contributed by atoms with Crippen molar-refractivity contribution in [3.8, 4) is 0 Å². The first kappa shape index (κ1) is 12.0. The maximum Gasteiger partial charge on any atom is 0.131 e. The number of benzene rings is 1. The van der Waals surface area contributed by atoms with Crippen LogP contribution < -0.4 is 5.73 Å². The summed E-state index contributed by atoms with van der Waals surface area (Å²) in [6.45, 7) is -0.195. The normalized spacial score (nSPS) is 12.8. The molecule has 84 valence electrons. The molecule has 3 N–H and O–H groups in total. The lowest BCUT2D eigenvalue weighted by Gasteiger charge is -2.09. The van der Waals surface area contributed by atoms with E-state index in [9.17, 15) is 8.78 Å². The highest BCUT2D eigenvalue weighted by Crippen LogP contribution is 2.12. The quantitative estimate of drug-likeness (QED) is 0.767. The fourth-order valence-electron chi connectivity index (χ4n) is 1.04. The van der Waals surface area contributed by atoms with Crippen LogP contribution >= 0.6 is 0 Å². The van der Waals surface area contributed by atoms with Gasteiger partial charge >= 0.3 is 0 Å². The average molecular weight is 217 g/mol. The van der Waals surface area contributed by atoms with Crippen LogP contribution in [-0.2, 0) is 11.3 Å². The summed E-state index contributed by atoms with van der Waals surface area (Å²) in [5.74, 6) is -1.31. The van der Waals surface area contributed by atoms with Gasteiger partial charge in [0.05, 0.1) is 19.3 Å². The maximum atomic E-state index is 13.0. The Hall–Kier alpha value is -1.04. The first-order valence-corrected chi connectivity index (χ1v) is 4.54. The second kappa shape index (κ2) is 5.75. The van der Waals surface area contributed by atoms with Crippen LogP contribution in [0.3, 0.4) is 0 Å². The van der Waals surface area contributed by atoms with Crippen molar-refractivity contribution in [1.82, 2.24) is 0 Å². The van der Waals surface area contributed by atoms with Gasteiger partial charge in [-0.3, -0.25) is 0 Å². The number of hydrogen-bond donors (Lipinski definition) is 2. The van der Waals surface area contributed by atoms with Crippen LogP contribution in [0.1, 0.15) is 5.56 Å². The van der Waals surface area contributed by atoms with E-state index >= 15 is 0 Å². The Kier molecular flexibility index (Phi) is 4.61. The SMILES string of the molecule is NCC(O)COCc1c(F)cccc1F. The molecule has 3 nitrogen and oxygen atoms in total. The third-order valence-corrected chi connectivity index (χ3v) is 1.89. The number of rotatable bonds is 5. The van der Waals surface area contributed by atoms with Crippen molar-refractivity contribution in [2.75, 3.05) is 13.2 Å². The van der Waals surface area contributed by atoms with Crippen LogP contribution in [0.15, 0.2) is 18.2 Å². The van der Waals surface area contributed by atoms with E-state index in [1.54, 1.807) is 0 Å². The number of hydrogen-bond acceptors (Lipinski definition) is 3. The molecule has 1 aromatic rings. The molecule has 0 spiro atoms. The van der Waals surface area contributed by atoms with E-state index in [0.717, 1.165) is 12.1 Å². The second-order valence-corrected chi connectivity index (χ2v) is 3.10. The minimum atomic E-state index is -0.806. The number of aliphatic hydroxyl groups is 1. The average Bonchev–Trinajstić information content (AvgIpc) is 2.22. The Bertz CT molecular complexity index is 300. The van der Waals surface area contributed by atoms with Gasteiger partial charge in [-0.1, -0.05) is 6.07 Å². The highest BCUT2D eigenvalue weighted by Gasteiger charge is 2.09. The van der Waals surface area contributed by atoms with Crippen LogP contribution in [0.25, 0.3) is 0 Å². The molecule has 0 saturated heterocycles. The Balaban J connectivity index is 2.50. The summed E-state index contributed by atoms with van der Waals surface area (Å²) in [6, 6.07) is 3.59. The fraction of sp³-hybridized carbons (Fsp3) is 0.400. The van der Waals surface area contributed by atoms with Gasteiger partial charge < -0.3 is 15.6 Å². The summed E-state index contributed by atoms with van der Waals surface area (Å²) in [7, 11) is 0. The molecule has 0 radical (unpaired) electrons. The van der Waals surface area contributed by atoms with Crippen LogP contribution in [0, 0.1) is 11.6 Å². The van der Waals surface area contributed by atoms with Crippen molar-refractivity contribution in [3.05, 3.63) is 35.4 Å². The zero-order valence-corrected chi connectivity index (χ0v) is 8.12. The zero-order valence-electron chi connectivity index (χ0n) is 8.12. The van der Waals surface area contributed by atoms with Crippen molar-refractivity contribution >= 4 is 0 Å². The molecular formula is C10H13F2NO2. The highest BCUT2D eigenvalue weighted by molar-refractivity contribution is 5.18. The maximum absolute atomic E-state index is 13.0. The monoisotopic (exact) mass is 217 g/mol. The van der Waals surface area contributed by atoms with E-state index in [2.05, 4.69) is 0 Å². The van der Waals surface area contributed by atoms with Crippen LogP contribution in [-0.4, -0.2) is 24.4 Å². The van der Waals surface area contributed by atoms with E-state index in [0.29, 0.717) is 0 Å². The third kappa shape index (κ3) is 3.54. The molecule has 0 aliphatic heterocycles. The molecule has 5 heteroatoms. The molecule has 0 aliphatic carbocycles. The molecule has 1 rings (SSSR count). The predicted molar refractivity (Wildman–Crippen MR) is 51.1 cm³/mol. The van der Waals surface area contributed by atoms with Gasteiger partial charge in [0.2, 0.25) is 0 Å². The minimum absolute atomic E-state index is 0.0374. The minimum Gasteiger partial charge on any atom is -0.389 e. The number of ether oxygens (including phenoxy) is 1. The molecule has 1 unspecified atom stereocenters. The topological polar surface area (TPSA) is 55.5 Å².